The first-order chi connectivity index (χ1) is 8.76. The van der Waals surface area contributed by atoms with E-state index in [1.54, 1.807) is 0 Å². The number of thioether (sulfide) groups is 1. The highest BCUT2D eigenvalue weighted by Gasteiger charge is 2.23. The molecule has 1 aromatic rings. The highest BCUT2D eigenvalue weighted by Crippen LogP contribution is 2.28. The molecule has 1 N–H and O–H groups in total. The minimum atomic E-state index is 0.493. The Morgan fingerprint density at radius 3 is 3.06 bits per heavy atom. The second kappa shape index (κ2) is 6.62. The second-order valence-electron chi connectivity index (χ2n) is 5.29. The number of hydrogen-bond acceptors (Lipinski definition) is 3. The molecule has 1 aromatic heterocycles. The summed E-state index contributed by atoms with van der Waals surface area (Å²) in [6.45, 7) is 4.55. The highest BCUT2D eigenvalue weighted by molar-refractivity contribution is 7.98. The zero-order chi connectivity index (χ0) is 13.0. The van der Waals surface area contributed by atoms with E-state index in [0.717, 1.165) is 0 Å². The molecule has 1 aliphatic rings. The maximum absolute atomic E-state index is 4.39. The van der Waals surface area contributed by atoms with Gasteiger partial charge in [-0.25, -0.2) is 4.98 Å². The number of piperidine rings is 1. The van der Waals surface area contributed by atoms with Crippen molar-refractivity contribution in [2.75, 3.05) is 12.0 Å². The van der Waals surface area contributed by atoms with E-state index >= 15 is 0 Å². The van der Waals surface area contributed by atoms with E-state index in [9.17, 15) is 0 Å². The lowest BCUT2D eigenvalue weighted by atomic mass is 9.97. The summed E-state index contributed by atoms with van der Waals surface area (Å²) in [4.78, 5) is 4.39. The van der Waals surface area contributed by atoms with Crippen molar-refractivity contribution in [3.05, 3.63) is 18.2 Å². The Labute approximate surface area is 115 Å². The summed E-state index contributed by atoms with van der Waals surface area (Å²) in [6.07, 6.45) is 11.3. The van der Waals surface area contributed by atoms with Crippen LogP contribution >= 0.6 is 11.8 Å². The van der Waals surface area contributed by atoms with Gasteiger partial charge < -0.3 is 9.88 Å². The molecule has 0 aliphatic carbocycles. The molecule has 1 aliphatic heterocycles. The lowest BCUT2D eigenvalue weighted by Crippen LogP contribution is -2.36. The molecule has 3 unspecified atom stereocenters. The lowest BCUT2D eigenvalue weighted by Gasteiger charge is -2.31. The molecule has 3 atom stereocenters. The van der Waals surface area contributed by atoms with Gasteiger partial charge in [-0.05, 0) is 38.9 Å². The summed E-state index contributed by atoms with van der Waals surface area (Å²) in [5.74, 6) is 1.17. The van der Waals surface area contributed by atoms with Crippen LogP contribution in [0.5, 0.6) is 0 Å². The van der Waals surface area contributed by atoms with Crippen LogP contribution in [0.15, 0.2) is 12.5 Å². The minimum Gasteiger partial charge on any atom is -0.329 e. The molecular formula is C14H25N3S. The van der Waals surface area contributed by atoms with Gasteiger partial charge in [0.1, 0.15) is 0 Å². The van der Waals surface area contributed by atoms with Gasteiger partial charge >= 0.3 is 0 Å². The van der Waals surface area contributed by atoms with Crippen molar-refractivity contribution < 1.29 is 0 Å². The molecule has 1 fully saturated rings. The molecule has 0 amide bonds. The van der Waals surface area contributed by atoms with Crippen molar-refractivity contribution in [1.29, 1.82) is 0 Å². The van der Waals surface area contributed by atoms with Crippen LogP contribution < -0.4 is 5.32 Å². The van der Waals surface area contributed by atoms with E-state index in [1.807, 2.05) is 18.1 Å². The summed E-state index contributed by atoms with van der Waals surface area (Å²) >= 11 is 1.92. The van der Waals surface area contributed by atoms with Crippen LogP contribution in [0.25, 0.3) is 0 Å². The van der Waals surface area contributed by atoms with E-state index in [-0.39, 0.29) is 0 Å². The molecule has 3 nitrogen and oxygen atoms in total. The van der Waals surface area contributed by atoms with Crippen molar-refractivity contribution >= 4 is 11.8 Å². The number of hydrogen-bond donors (Lipinski definition) is 1. The molecule has 0 saturated carbocycles. The van der Waals surface area contributed by atoms with E-state index in [1.165, 1.54) is 37.1 Å². The van der Waals surface area contributed by atoms with E-state index < -0.39 is 0 Å². The molecule has 1 saturated heterocycles. The van der Waals surface area contributed by atoms with Crippen LogP contribution in [0, 0.1) is 0 Å². The molecule has 0 bridgehead atoms. The van der Waals surface area contributed by atoms with Crippen molar-refractivity contribution in [2.45, 2.75) is 57.7 Å². The summed E-state index contributed by atoms with van der Waals surface area (Å²) in [6, 6.07) is 1.71. The number of nitrogens with one attached hydrogen (secondary N) is 1. The summed E-state index contributed by atoms with van der Waals surface area (Å²) in [5.41, 5.74) is 1.38. The number of imidazole rings is 1. The van der Waals surface area contributed by atoms with Crippen LogP contribution in [0.3, 0.4) is 0 Å². The molecule has 4 heteroatoms. The molecule has 0 radical (unpaired) electrons. The fourth-order valence-electron chi connectivity index (χ4n) is 2.85. The van der Waals surface area contributed by atoms with Crippen molar-refractivity contribution in [3.63, 3.8) is 0 Å². The Morgan fingerprint density at radius 2 is 2.39 bits per heavy atom. The number of aromatic nitrogens is 2. The normalized spacial score (nSPS) is 26.2. The van der Waals surface area contributed by atoms with Gasteiger partial charge in [0.05, 0.1) is 12.0 Å². The Morgan fingerprint density at radius 1 is 1.56 bits per heavy atom. The quantitative estimate of drug-likeness (QED) is 0.887. The van der Waals surface area contributed by atoms with E-state index in [2.05, 4.69) is 41.2 Å². The van der Waals surface area contributed by atoms with Gasteiger partial charge in [0.2, 0.25) is 0 Å². The molecular weight excluding hydrogens is 242 g/mol. The van der Waals surface area contributed by atoms with E-state index in [0.29, 0.717) is 18.1 Å². The molecule has 2 rings (SSSR count). The van der Waals surface area contributed by atoms with Gasteiger partial charge in [0, 0.05) is 30.1 Å². The maximum atomic E-state index is 4.39. The van der Waals surface area contributed by atoms with Crippen molar-refractivity contribution in [2.24, 2.45) is 0 Å². The van der Waals surface area contributed by atoms with Crippen LogP contribution in [0.1, 0.15) is 57.3 Å². The van der Waals surface area contributed by atoms with Gasteiger partial charge in [-0.1, -0.05) is 6.92 Å². The minimum absolute atomic E-state index is 0.493. The average molecular weight is 267 g/mol. The van der Waals surface area contributed by atoms with Gasteiger partial charge in [-0.3, -0.25) is 0 Å². The fraction of sp³-hybridized carbons (Fsp3) is 0.786. The van der Waals surface area contributed by atoms with Gasteiger partial charge in [0.25, 0.3) is 0 Å². The highest BCUT2D eigenvalue weighted by atomic mass is 32.2. The van der Waals surface area contributed by atoms with Crippen LogP contribution in [0.4, 0.5) is 0 Å². The predicted molar refractivity (Wildman–Crippen MR) is 79.1 cm³/mol. The van der Waals surface area contributed by atoms with E-state index in [4.69, 9.17) is 0 Å². The van der Waals surface area contributed by atoms with Gasteiger partial charge in [-0.2, -0.15) is 11.8 Å². The second-order valence-corrected chi connectivity index (χ2v) is 6.21. The fourth-order valence-corrected chi connectivity index (χ4v) is 3.63. The Kier molecular flexibility index (Phi) is 5.13. The largest absolute Gasteiger partial charge is 0.329 e. The molecule has 2 heterocycles. The smallest absolute Gasteiger partial charge is 0.0951 e. The first-order valence-corrected chi connectivity index (χ1v) is 8.42. The zero-order valence-electron chi connectivity index (χ0n) is 11.7. The number of rotatable bonds is 5. The summed E-state index contributed by atoms with van der Waals surface area (Å²) in [7, 11) is 0. The van der Waals surface area contributed by atoms with Crippen LogP contribution in [0.2, 0.25) is 0 Å². The van der Waals surface area contributed by atoms with Crippen LogP contribution in [-0.4, -0.2) is 27.6 Å². The predicted octanol–water partition coefficient (Wildman–Crippen LogP) is 3.40. The topological polar surface area (TPSA) is 29.9 Å². The van der Waals surface area contributed by atoms with Gasteiger partial charge in [0.15, 0.2) is 0 Å². The molecule has 0 spiro atoms. The average Bonchev–Trinajstić information content (AvgIpc) is 2.85. The summed E-state index contributed by atoms with van der Waals surface area (Å²) < 4.78 is 2.40. The molecule has 0 aromatic carbocycles. The first kappa shape index (κ1) is 13.9. The maximum Gasteiger partial charge on any atom is 0.0951 e. The third kappa shape index (κ3) is 3.09. The Bertz CT molecular complexity index is 364. The SMILES string of the molecule is CCC(CSC)n1cncc1C1CCCC(C)N1. The zero-order valence-corrected chi connectivity index (χ0v) is 12.5. The monoisotopic (exact) mass is 267 g/mol. The third-order valence-electron chi connectivity index (χ3n) is 3.89. The lowest BCUT2D eigenvalue weighted by molar-refractivity contribution is 0.324. The van der Waals surface area contributed by atoms with Crippen molar-refractivity contribution in [1.82, 2.24) is 14.9 Å². The molecule has 18 heavy (non-hydrogen) atoms. The standard InChI is InChI=1S/C14H25N3S/c1-4-12(9-18-3)17-10-15-8-14(17)13-7-5-6-11(2)16-13/h8,10-13,16H,4-7,9H2,1-3H3. The number of nitrogens with zero attached hydrogens (tertiary/aromatic N) is 2. The Balaban J connectivity index is 2.15. The molecule has 102 valence electrons. The van der Waals surface area contributed by atoms with Gasteiger partial charge in [-0.15, -0.1) is 0 Å². The van der Waals surface area contributed by atoms with Crippen molar-refractivity contribution in [3.8, 4) is 0 Å². The first-order valence-electron chi connectivity index (χ1n) is 7.03. The van der Waals surface area contributed by atoms with Crippen LogP contribution in [-0.2, 0) is 0 Å². The Hall–Kier alpha value is -0.480. The third-order valence-corrected chi connectivity index (χ3v) is 4.61. The summed E-state index contributed by atoms with van der Waals surface area (Å²) in [5, 5.41) is 3.71.